The molecule has 6 heteroatoms. The molecule has 2 N–H and O–H groups in total. The van der Waals surface area contributed by atoms with Gasteiger partial charge in [-0.15, -0.1) is 0 Å². The minimum absolute atomic E-state index is 0.337. The van der Waals surface area contributed by atoms with E-state index in [1.165, 1.54) is 30.9 Å². The van der Waals surface area contributed by atoms with Crippen LogP contribution in [-0.2, 0) is 4.79 Å². The Labute approximate surface area is 169 Å². The third-order valence-electron chi connectivity index (χ3n) is 6.19. The third kappa shape index (κ3) is 3.34. The largest absolute Gasteiger partial charge is 0.307 e. The molecule has 0 spiro atoms. The average molecular weight is 388 g/mol. The molecule has 3 fully saturated rings. The lowest BCUT2D eigenvalue weighted by Crippen LogP contribution is -2.46. The molecule has 1 atom stereocenters. The molecule has 2 bridgehead atoms. The number of benzene rings is 2. The number of nitrogens with one attached hydrogen (secondary N) is 1. The standard InChI is InChI=1S/C23H24N4O2/c28-21(25-29)9-8-16-4-3-5-18(14-16)23-24-19-6-1-2-7-20(19)27(23)22-15-17-10-12-26(22)13-11-17/h1-9,14,17,22,29H,10-13,15H2,(H,25,28)/b9-8+. The van der Waals surface area contributed by atoms with E-state index >= 15 is 0 Å². The van der Waals surface area contributed by atoms with Gasteiger partial charge in [0.05, 0.1) is 17.2 Å². The van der Waals surface area contributed by atoms with Gasteiger partial charge in [0.1, 0.15) is 5.82 Å². The zero-order chi connectivity index (χ0) is 19.8. The number of nitrogens with zero attached hydrogens (tertiary/aromatic N) is 3. The summed E-state index contributed by atoms with van der Waals surface area (Å²) in [6.45, 7) is 2.31. The number of hydrogen-bond donors (Lipinski definition) is 2. The number of hydroxylamine groups is 1. The molecule has 3 saturated heterocycles. The second-order valence-corrected chi connectivity index (χ2v) is 7.92. The zero-order valence-electron chi connectivity index (χ0n) is 16.2. The second kappa shape index (κ2) is 7.46. The highest BCUT2D eigenvalue weighted by atomic mass is 16.5. The SMILES string of the molecule is O=C(/C=C/c1cccc(-c2nc3ccccc3n2C2CC3CCN2CC3)c1)NO. The maximum atomic E-state index is 11.3. The van der Waals surface area contributed by atoms with Crippen molar-refractivity contribution in [1.29, 1.82) is 0 Å². The van der Waals surface area contributed by atoms with Gasteiger partial charge >= 0.3 is 0 Å². The number of aromatic nitrogens is 2. The van der Waals surface area contributed by atoms with Crippen molar-refractivity contribution in [3.05, 3.63) is 60.2 Å². The van der Waals surface area contributed by atoms with Crippen LogP contribution in [0.5, 0.6) is 0 Å². The van der Waals surface area contributed by atoms with Gasteiger partial charge in [-0.3, -0.25) is 14.9 Å². The van der Waals surface area contributed by atoms with Gasteiger partial charge in [-0.1, -0.05) is 30.3 Å². The van der Waals surface area contributed by atoms with Crippen molar-refractivity contribution >= 4 is 23.0 Å². The summed E-state index contributed by atoms with van der Waals surface area (Å²) in [7, 11) is 0. The molecule has 1 aromatic heterocycles. The first-order valence-corrected chi connectivity index (χ1v) is 10.2. The van der Waals surface area contributed by atoms with Crippen molar-refractivity contribution in [2.45, 2.75) is 25.4 Å². The number of carbonyl (C=O) groups excluding carboxylic acids is 1. The Bertz CT molecular complexity index is 1080. The number of fused-ring (bicyclic) bond motifs is 4. The molecule has 0 radical (unpaired) electrons. The van der Waals surface area contributed by atoms with E-state index in [0.717, 1.165) is 41.5 Å². The van der Waals surface area contributed by atoms with Gasteiger partial charge in [0.2, 0.25) is 0 Å². The smallest absolute Gasteiger partial charge is 0.267 e. The molecule has 3 aliphatic heterocycles. The Morgan fingerprint density at radius 1 is 1.14 bits per heavy atom. The minimum atomic E-state index is -0.548. The monoisotopic (exact) mass is 388 g/mol. The van der Waals surface area contributed by atoms with Gasteiger partial charge in [0.25, 0.3) is 5.91 Å². The molecule has 148 valence electrons. The molecule has 2 aromatic carbocycles. The van der Waals surface area contributed by atoms with Crippen LogP contribution in [-0.4, -0.2) is 38.7 Å². The van der Waals surface area contributed by atoms with Gasteiger partial charge < -0.3 is 4.57 Å². The zero-order valence-corrected chi connectivity index (χ0v) is 16.2. The van der Waals surface area contributed by atoms with Crippen LogP contribution in [0.15, 0.2) is 54.6 Å². The van der Waals surface area contributed by atoms with Crippen molar-refractivity contribution in [3.63, 3.8) is 0 Å². The summed E-state index contributed by atoms with van der Waals surface area (Å²) >= 11 is 0. The highest BCUT2D eigenvalue weighted by Crippen LogP contribution is 2.41. The maximum absolute atomic E-state index is 11.3. The van der Waals surface area contributed by atoms with E-state index in [1.807, 2.05) is 24.3 Å². The van der Waals surface area contributed by atoms with Gasteiger partial charge in [0.15, 0.2) is 0 Å². The van der Waals surface area contributed by atoms with E-state index in [2.05, 4.69) is 33.7 Å². The van der Waals surface area contributed by atoms with Gasteiger partial charge in [-0.25, -0.2) is 10.5 Å². The Kier molecular flexibility index (Phi) is 4.66. The van der Waals surface area contributed by atoms with Gasteiger partial charge in [-0.2, -0.15) is 0 Å². The molecule has 29 heavy (non-hydrogen) atoms. The molecule has 6 rings (SSSR count). The lowest BCUT2D eigenvalue weighted by Gasteiger charge is -2.46. The summed E-state index contributed by atoms with van der Waals surface area (Å²) in [5.74, 6) is 1.21. The van der Waals surface area contributed by atoms with Crippen molar-refractivity contribution in [2.24, 2.45) is 5.92 Å². The third-order valence-corrected chi connectivity index (χ3v) is 6.19. The van der Waals surface area contributed by atoms with E-state index in [1.54, 1.807) is 11.6 Å². The van der Waals surface area contributed by atoms with Crippen molar-refractivity contribution in [2.75, 3.05) is 13.1 Å². The van der Waals surface area contributed by atoms with E-state index in [9.17, 15) is 4.79 Å². The van der Waals surface area contributed by atoms with Crippen molar-refractivity contribution < 1.29 is 10.0 Å². The number of para-hydroxylation sites is 2. The maximum Gasteiger partial charge on any atom is 0.267 e. The van der Waals surface area contributed by atoms with Crippen LogP contribution >= 0.6 is 0 Å². The fraction of sp³-hybridized carbons (Fsp3) is 0.304. The predicted octanol–water partition coefficient (Wildman–Crippen LogP) is 3.84. The van der Waals surface area contributed by atoms with Crippen LogP contribution in [0.3, 0.4) is 0 Å². The molecule has 1 amide bonds. The van der Waals surface area contributed by atoms with Crippen molar-refractivity contribution in [1.82, 2.24) is 19.9 Å². The number of piperidine rings is 3. The van der Waals surface area contributed by atoms with Crippen LogP contribution in [0.2, 0.25) is 0 Å². The summed E-state index contributed by atoms with van der Waals surface area (Å²) in [6, 6.07) is 16.3. The Morgan fingerprint density at radius 2 is 1.97 bits per heavy atom. The van der Waals surface area contributed by atoms with E-state index in [0.29, 0.717) is 6.17 Å². The molecule has 3 aliphatic rings. The lowest BCUT2D eigenvalue weighted by atomic mass is 9.86. The van der Waals surface area contributed by atoms with Crippen LogP contribution in [0, 0.1) is 5.92 Å². The van der Waals surface area contributed by atoms with E-state index in [4.69, 9.17) is 10.2 Å². The topological polar surface area (TPSA) is 70.4 Å². The molecule has 6 nitrogen and oxygen atoms in total. The van der Waals surface area contributed by atoms with Crippen LogP contribution in [0.25, 0.3) is 28.5 Å². The predicted molar refractivity (Wildman–Crippen MR) is 112 cm³/mol. The Balaban J connectivity index is 1.61. The first-order chi connectivity index (χ1) is 14.2. The Hall–Kier alpha value is -2.96. The molecule has 4 heterocycles. The summed E-state index contributed by atoms with van der Waals surface area (Å²) in [5, 5.41) is 8.69. The first kappa shape index (κ1) is 18.1. The van der Waals surface area contributed by atoms with Gasteiger partial charge in [0, 0.05) is 24.7 Å². The van der Waals surface area contributed by atoms with Crippen LogP contribution in [0.1, 0.15) is 31.0 Å². The normalized spacial score (nSPS) is 23.7. The lowest BCUT2D eigenvalue weighted by molar-refractivity contribution is -0.124. The summed E-state index contributed by atoms with van der Waals surface area (Å²) in [4.78, 5) is 18.9. The minimum Gasteiger partial charge on any atom is -0.307 e. The number of hydrogen-bond acceptors (Lipinski definition) is 4. The summed E-state index contributed by atoms with van der Waals surface area (Å²) in [6.07, 6.45) is 7.10. The fourth-order valence-electron chi connectivity index (χ4n) is 4.74. The number of amides is 1. The molecule has 0 aliphatic carbocycles. The molecule has 1 unspecified atom stereocenters. The highest BCUT2D eigenvalue weighted by Gasteiger charge is 2.36. The fourth-order valence-corrected chi connectivity index (χ4v) is 4.74. The quantitative estimate of drug-likeness (QED) is 0.405. The molecular formula is C23H24N4O2. The number of carbonyl (C=O) groups is 1. The Morgan fingerprint density at radius 3 is 2.72 bits per heavy atom. The highest BCUT2D eigenvalue weighted by molar-refractivity contribution is 5.91. The van der Waals surface area contributed by atoms with E-state index in [-0.39, 0.29) is 0 Å². The summed E-state index contributed by atoms with van der Waals surface area (Å²) in [5.41, 5.74) is 5.70. The van der Waals surface area contributed by atoms with Crippen molar-refractivity contribution in [3.8, 4) is 11.4 Å². The first-order valence-electron chi connectivity index (χ1n) is 10.2. The summed E-state index contributed by atoms with van der Waals surface area (Å²) < 4.78 is 2.41. The van der Waals surface area contributed by atoms with Gasteiger partial charge in [-0.05, 0) is 55.0 Å². The molecule has 3 aromatic rings. The molecule has 0 saturated carbocycles. The van der Waals surface area contributed by atoms with E-state index < -0.39 is 5.91 Å². The van der Waals surface area contributed by atoms with Crippen LogP contribution < -0.4 is 5.48 Å². The number of rotatable bonds is 4. The second-order valence-electron chi connectivity index (χ2n) is 7.92. The molecular weight excluding hydrogens is 364 g/mol. The van der Waals surface area contributed by atoms with Crippen LogP contribution in [0.4, 0.5) is 0 Å². The average Bonchev–Trinajstić information content (AvgIpc) is 3.18. The number of imidazole rings is 1.